The fourth-order valence-electron chi connectivity index (χ4n) is 2.05. The molecule has 1 aromatic carbocycles. The Morgan fingerprint density at radius 3 is 2.57 bits per heavy atom. The van der Waals surface area contributed by atoms with Gasteiger partial charge in [-0.2, -0.15) is 0 Å². The van der Waals surface area contributed by atoms with Crippen molar-refractivity contribution in [3.05, 3.63) is 35.5 Å². The van der Waals surface area contributed by atoms with Crippen LogP contribution in [0.5, 0.6) is 5.75 Å². The minimum atomic E-state index is -0.0704. The van der Waals surface area contributed by atoms with E-state index < -0.39 is 0 Å². The minimum absolute atomic E-state index is 0.0704. The average molecular weight is 286 g/mol. The van der Waals surface area contributed by atoms with Gasteiger partial charge in [0.15, 0.2) is 0 Å². The van der Waals surface area contributed by atoms with Crippen molar-refractivity contribution >= 4 is 16.8 Å². The number of nitrogens with zero attached hydrogens (tertiary/aromatic N) is 1. The average Bonchev–Trinajstić information content (AvgIpc) is 2.45. The number of fused-ring (bicyclic) bond motifs is 1. The predicted molar refractivity (Wildman–Crippen MR) is 84.8 cm³/mol. The maximum absolute atomic E-state index is 12.4. The molecule has 1 heterocycles. The maximum Gasteiger partial charge on any atom is 0.253 e. The third kappa shape index (κ3) is 3.32. The van der Waals surface area contributed by atoms with E-state index in [0.717, 1.165) is 22.3 Å². The number of hydrogen-bond acceptors (Lipinski definition) is 3. The molecule has 0 saturated carbocycles. The lowest BCUT2D eigenvalue weighted by atomic mass is 10.0. The first kappa shape index (κ1) is 15.3. The highest BCUT2D eigenvalue weighted by atomic mass is 16.5. The number of aryl methyl sites for hydroxylation is 1. The topological polar surface area (TPSA) is 51.2 Å². The molecule has 1 atom stereocenters. The molecule has 1 aromatic heterocycles. The molecule has 0 aliphatic carbocycles. The quantitative estimate of drug-likeness (QED) is 0.938. The molecular weight excluding hydrogens is 264 g/mol. The number of carbonyl (C=O) groups is 1. The van der Waals surface area contributed by atoms with E-state index in [1.54, 1.807) is 7.11 Å². The maximum atomic E-state index is 12.4. The van der Waals surface area contributed by atoms with Gasteiger partial charge in [0.25, 0.3) is 5.91 Å². The molecule has 0 aliphatic rings. The summed E-state index contributed by atoms with van der Waals surface area (Å²) in [6.45, 7) is 8.04. The third-order valence-electron chi connectivity index (χ3n) is 3.82. The minimum Gasteiger partial charge on any atom is -0.497 e. The van der Waals surface area contributed by atoms with Crippen LogP contribution in [0.1, 0.15) is 36.8 Å². The van der Waals surface area contributed by atoms with Gasteiger partial charge in [0.2, 0.25) is 0 Å². The van der Waals surface area contributed by atoms with E-state index in [4.69, 9.17) is 4.74 Å². The van der Waals surface area contributed by atoms with Crippen LogP contribution in [-0.2, 0) is 0 Å². The number of nitrogens with one attached hydrogen (secondary N) is 1. The predicted octanol–water partition coefficient (Wildman–Crippen LogP) is 3.33. The molecule has 0 bridgehead atoms. The second-order valence-corrected chi connectivity index (χ2v) is 5.69. The number of pyridine rings is 1. The lowest BCUT2D eigenvalue weighted by Crippen LogP contribution is -2.36. The first-order valence-corrected chi connectivity index (χ1v) is 7.18. The number of amides is 1. The molecule has 0 fully saturated rings. The van der Waals surface area contributed by atoms with Gasteiger partial charge in [-0.3, -0.25) is 9.78 Å². The number of aromatic nitrogens is 1. The van der Waals surface area contributed by atoms with Gasteiger partial charge in [-0.25, -0.2) is 0 Å². The summed E-state index contributed by atoms with van der Waals surface area (Å²) in [5.74, 6) is 1.09. The van der Waals surface area contributed by atoms with Crippen molar-refractivity contribution in [3.8, 4) is 5.75 Å². The summed E-state index contributed by atoms with van der Waals surface area (Å²) < 4.78 is 5.20. The Labute approximate surface area is 125 Å². The zero-order valence-electron chi connectivity index (χ0n) is 13.2. The van der Waals surface area contributed by atoms with E-state index in [9.17, 15) is 4.79 Å². The summed E-state index contributed by atoms with van der Waals surface area (Å²) in [5, 5.41) is 3.95. The summed E-state index contributed by atoms with van der Waals surface area (Å²) >= 11 is 0. The standard InChI is InChI=1S/C17H22N2O2/c1-10(2)11(3)19-17(20)15-8-13-6-7-14(21-5)9-16(13)18-12(15)4/h6-11H,1-5H3,(H,19,20). The molecule has 1 unspecified atom stereocenters. The molecule has 2 rings (SSSR count). The molecule has 4 heteroatoms. The van der Waals surface area contributed by atoms with Gasteiger partial charge in [0.05, 0.1) is 23.9 Å². The van der Waals surface area contributed by atoms with Crippen molar-refractivity contribution in [1.82, 2.24) is 10.3 Å². The molecule has 21 heavy (non-hydrogen) atoms. The Hall–Kier alpha value is -2.10. The van der Waals surface area contributed by atoms with E-state index >= 15 is 0 Å². The summed E-state index contributed by atoms with van der Waals surface area (Å²) in [6.07, 6.45) is 0. The van der Waals surface area contributed by atoms with Crippen LogP contribution in [0.15, 0.2) is 24.3 Å². The number of carbonyl (C=O) groups excluding carboxylic acids is 1. The smallest absolute Gasteiger partial charge is 0.253 e. The van der Waals surface area contributed by atoms with Crippen molar-refractivity contribution in [3.63, 3.8) is 0 Å². The zero-order chi connectivity index (χ0) is 15.6. The van der Waals surface area contributed by atoms with Gasteiger partial charge in [0.1, 0.15) is 5.75 Å². The molecule has 1 N–H and O–H groups in total. The normalized spacial score (nSPS) is 12.5. The fourth-order valence-corrected chi connectivity index (χ4v) is 2.05. The Morgan fingerprint density at radius 1 is 1.24 bits per heavy atom. The van der Waals surface area contributed by atoms with Crippen LogP contribution in [-0.4, -0.2) is 24.0 Å². The highest BCUT2D eigenvalue weighted by Gasteiger charge is 2.16. The molecule has 0 spiro atoms. The van der Waals surface area contributed by atoms with Crippen molar-refractivity contribution < 1.29 is 9.53 Å². The number of ether oxygens (including phenoxy) is 1. The highest BCUT2D eigenvalue weighted by molar-refractivity contribution is 5.98. The van der Waals surface area contributed by atoms with E-state index in [-0.39, 0.29) is 11.9 Å². The number of rotatable bonds is 4. The Kier molecular flexibility index (Phi) is 4.46. The summed E-state index contributed by atoms with van der Waals surface area (Å²) in [7, 11) is 1.63. The molecule has 0 radical (unpaired) electrons. The second kappa shape index (κ2) is 6.12. The van der Waals surface area contributed by atoms with Crippen molar-refractivity contribution in [2.45, 2.75) is 33.7 Å². The van der Waals surface area contributed by atoms with Crippen LogP contribution in [0.25, 0.3) is 10.9 Å². The van der Waals surface area contributed by atoms with Crippen LogP contribution in [0.4, 0.5) is 0 Å². The van der Waals surface area contributed by atoms with E-state index in [1.165, 1.54) is 0 Å². The van der Waals surface area contributed by atoms with Crippen LogP contribution >= 0.6 is 0 Å². The lowest BCUT2D eigenvalue weighted by molar-refractivity contribution is 0.0929. The Balaban J connectivity index is 2.36. The van der Waals surface area contributed by atoms with Gasteiger partial charge in [0, 0.05) is 17.5 Å². The molecule has 2 aromatic rings. The zero-order valence-corrected chi connectivity index (χ0v) is 13.2. The molecule has 1 amide bonds. The van der Waals surface area contributed by atoms with Gasteiger partial charge in [-0.05, 0) is 38.0 Å². The monoisotopic (exact) mass is 286 g/mol. The number of hydrogen-bond donors (Lipinski definition) is 1. The largest absolute Gasteiger partial charge is 0.497 e. The second-order valence-electron chi connectivity index (χ2n) is 5.69. The first-order chi connectivity index (χ1) is 9.92. The molecule has 0 aliphatic heterocycles. The van der Waals surface area contributed by atoms with Crippen molar-refractivity contribution in [1.29, 1.82) is 0 Å². The van der Waals surface area contributed by atoms with E-state index in [2.05, 4.69) is 24.1 Å². The lowest BCUT2D eigenvalue weighted by Gasteiger charge is -2.18. The molecule has 0 saturated heterocycles. The Bertz CT molecular complexity index is 665. The van der Waals surface area contributed by atoms with Crippen molar-refractivity contribution in [2.75, 3.05) is 7.11 Å². The van der Waals surface area contributed by atoms with Crippen LogP contribution < -0.4 is 10.1 Å². The Morgan fingerprint density at radius 2 is 1.95 bits per heavy atom. The number of methoxy groups -OCH3 is 1. The number of benzene rings is 1. The van der Waals surface area contributed by atoms with Crippen LogP contribution in [0.3, 0.4) is 0 Å². The summed E-state index contributed by atoms with van der Waals surface area (Å²) in [5.41, 5.74) is 2.18. The molecule has 4 nitrogen and oxygen atoms in total. The third-order valence-corrected chi connectivity index (χ3v) is 3.82. The van der Waals surface area contributed by atoms with Crippen LogP contribution in [0, 0.1) is 12.8 Å². The summed E-state index contributed by atoms with van der Waals surface area (Å²) in [6, 6.07) is 7.69. The fraction of sp³-hybridized carbons (Fsp3) is 0.412. The van der Waals surface area contributed by atoms with Crippen LogP contribution in [0.2, 0.25) is 0 Å². The van der Waals surface area contributed by atoms with E-state index in [0.29, 0.717) is 11.5 Å². The molecule has 112 valence electrons. The SMILES string of the molecule is COc1ccc2cc(C(=O)NC(C)C(C)C)c(C)nc2c1. The summed E-state index contributed by atoms with van der Waals surface area (Å²) in [4.78, 5) is 16.9. The van der Waals surface area contributed by atoms with Gasteiger partial charge in [-0.15, -0.1) is 0 Å². The van der Waals surface area contributed by atoms with Gasteiger partial charge < -0.3 is 10.1 Å². The van der Waals surface area contributed by atoms with E-state index in [1.807, 2.05) is 38.1 Å². The highest BCUT2D eigenvalue weighted by Crippen LogP contribution is 2.21. The van der Waals surface area contributed by atoms with Gasteiger partial charge in [-0.1, -0.05) is 13.8 Å². The van der Waals surface area contributed by atoms with Crippen molar-refractivity contribution in [2.24, 2.45) is 5.92 Å². The molecular formula is C17H22N2O2. The first-order valence-electron chi connectivity index (χ1n) is 7.18. The van der Waals surface area contributed by atoms with Gasteiger partial charge >= 0.3 is 0 Å².